The van der Waals surface area contributed by atoms with Crippen LogP contribution < -0.4 is 27.0 Å². The Morgan fingerprint density at radius 2 is 1.58 bits per heavy atom. The third-order valence-corrected chi connectivity index (χ3v) is 5.29. The van der Waals surface area contributed by atoms with Crippen LogP contribution in [0, 0.1) is 0 Å². The second kappa shape index (κ2) is 16.8. The SMILES string of the molecule is CCCCNc1nc(NCc2ccccc2)nc(Nc2cccc(C(=O)NCCOCCOCCN)c2)n1. The van der Waals surface area contributed by atoms with E-state index in [-0.39, 0.29) is 5.91 Å². The summed E-state index contributed by atoms with van der Waals surface area (Å²) in [4.78, 5) is 26.1. The molecule has 1 amide bonds. The van der Waals surface area contributed by atoms with Crippen LogP contribution in [0.4, 0.5) is 23.5 Å². The van der Waals surface area contributed by atoms with Gasteiger partial charge in [-0.3, -0.25) is 4.79 Å². The maximum Gasteiger partial charge on any atom is 0.251 e. The molecule has 0 aliphatic heterocycles. The van der Waals surface area contributed by atoms with Gasteiger partial charge in [-0.05, 0) is 30.2 Å². The average molecular weight is 523 g/mol. The number of aromatic nitrogens is 3. The van der Waals surface area contributed by atoms with E-state index in [9.17, 15) is 4.79 Å². The lowest BCUT2D eigenvalue weighted by Crippen LogP contribution is -2.27. The Labute approximate surface area is 224 Å². The standard InChI is InChI=1S/C27H38N8O3/c1-2-3-13-30-25-33-26(31-20-21-8-5-4-6-9-21)35-27(34-25)32-23-11-7-10-22(19-23)24(36)29-14-16-38-18-17-37-15-12-28/h4-11,19H,2-3,12-18,20,28H2,1H3,(H,29,36)(H3,30,31,32,33,34,35). The molecule has 3 rings (SSSR count). The molecule has 11 nitrogen and oxygen atoms in total. The number of nitrogens with zero attached hydrogens (tertiary/aromatic N) is 3. The van der Waals surface area contributed by atoms with Crippen LogP contribution in [0.5, 0.6) is 0 Å². The van der Waals surface area contributed by atoms with Crippen molar-refractivity contribution in [1.82, 2.24) is 20.3 Å². The molecule has 3 aromatic rings. The number of carbonyl (C=O) groups is 1. The molecule has 1 aromatic heterocycles. The lowest BCUT2D eigenvalue weighted by atomic mass is 10.2. The van der Waals surface area contributed by atoms with Crippen molar-refractivity contribution in [2.75, 3.05) is 62.0 Å². The van der Waals surface area contributed by atoms with E-state index in [0.717, 1.165) is 24.9 Å². The highest BCUT2D eigenvalue weighted by molar-refractivity contribution is 5.95. The Kier molecular flexibility index (Phi) is 12.8. The number of ether oxygens (including phenoxy) is 2. The predicted octanol–water partition coefficient (Wildman–Crippen LogP) is 3.16. The van der Waals surface area contributed by atoms with E-state index in [1.165, 1.54) is 0 Å². The van der Waals surface area contributed by atoms with E-state index in [4.69, 9.17) is 15.2 Å². The van der Waals surface area contributed by atoms with Crippen molar-refractivity contribution >= 4 is 29.4 Å². The van der Waals surface area contributed by atoms with Crippen molar-refractivity contribution in [1.29, 1.82) is 0 Å². The Bertz CT molecular complexity index is 1100. The van der Waals surface area contributed by atoms with Gasteiger partial charge in [0.2, 0.25) is 17.8 Å². The fraction of sp³-hybridized carbons (Fsp3) is 0.407. The zero-order valence-corrected chi connectivity index (χ0v) is 21.9. The number of rotatable bonds is 18. The topological polar surface area (TPSA) is 148 Å². The lowest BCUT2D eigenvalue weighted by molar-refractivity contribution is 0.0511. The first-order chi connectivity index (χ1) is 18.7. The summed E-state index contributed by atoms with van der Waals surface area (Å²) in [7, 11) is 0. The van der Waals surface area contributed by atoms with Crippen LogP contribution in [0.2, 0.25) is 0 Å². The monoisotopic (exact) mass is 522 g/mol. The lowest BCUT2D eigenvalue weighted by Gasteiger charge is -2.12. The molecule has 2 aromatic carbocycles. The van der Waals surface area contributed by atoms with Gasteiger partial charge in [0.15, 0.2) is 0 Å². The summed E-state index contributed by atoms with van der Waals surface area (Å²) < 4.78 is 10.7. The van der Waals surface area contributed by atoms with Crippen LogP contribution in [0.15, 0.2) is 54.6 Å². The van der Waals surface area contributed by atoms with Crippen molar-refractivity contribution in [3.05, 3.63) is 65.7 Å². The van der Waals surface area contributed by atoms with Gasteiger partial charge in [-0.2, -0.15) is 15.0 Å². The van der Waals surface area contributed by atoms with E-state index >= 15 is 0 Å². The Balaban J connectivity index is 1.59. The summed E-state index contributed by atoms with van der Waals surface area (Å²) in [5.74, 6) is 1.11. The number of unbranched alkanes of at least 4 members (excludes halogenated alkanes) is 1. The number of anilines is 4. The Morgan fingerprint density at radius 3 is 2.34 bits per heavy atom. The Hall–Kier alpha value is -3.80. The van der Waals surface area contributed by atoms with Gasteiger partial charge in [0.1, 0.15) is 0 Å². The molecule has 0 fully saturated rings. The summed E-state index contributed by atoms with van der Waals surface area (Å²) in [5, 5.41) is 12.6. The number of nitrogens with two attached hydrogens (primary N) is 1. The first-order valence-corrected chi connectivity index (χ1v) is 13.0. The normalized spacial score (nSPS) is 10.7. The van der Waals surface area contributed by atoms with Gasteiger partial charge >= 0.3 is 0 Å². The van der Waals surface area contributed by atoms with Crippen LogP contribution in [-0.2, 0) is 16.0 Å². The summed E-state index contributed by atoms with van der Waals surface area (Å²) in [5.41, 5.74) is 7.68. The van der Waals surface area contributed by atoms with E-state index in [2.05, 4.69) is 43.1 Å². The number of amides is 1. The molecule has 0 spiro atoms. The van der Waals surface area contributed by atoms with Crippen molar-refractivity contribution in [2.24, 2.45) is 5.73 Å². The van der Waals surface area contributed by atoms with Crippen LogP contribution in [0.3, 0.4) is 0 Å². The molecule has 204 valence electrons. The van der Waals surface area contributed by atoms with Crippen LogP contribution in [0.1, 0.15) is 35.7 Å². The Morgan fingerprint density at radius 1 is 0.842 bits per heavy atom. The number of hydrogen-bond acceptors (Lipinski definition) is 10. The van der Waals surface area contributed by atoms with Crippen molar-refractivity contribution in [3.63, 3.8) is 0 Å². The van der Waals surface area contributed by atoms with Gasteiger partial charge in [0, 0.05) is 37.4 Å². The first-order valence-electron chi connectivity index (χ1n) is 13.0. The molecule has 0 aliphatic carbocycles. The number of carbonyl (C=O) groups excluding carboxylic acids is 1. The summed E-state index contributed by atoms with van der Waals surface area (Å²) >= 11 is 0. The summed E-state index contributed by atoms with van der Waals surface area (Å²) in [6.07, 6.45) is 2.07. The van der Waals surface area contributed by atoms with Gasteiger partial charge in [0.25, 0.3) is 5.91 Å². The summed E-state index contributed by atoms with van der Waals surface area (Å²) in [6, 6.07) is 17.2. The van der Waals surface area contributed by atoms with Gasteiger partial charge in [-0.25, -0.2) is 0 Å². The van der Waals surface area contributed by atoms with Crippen molar-refractivity contribution in [2.45, 2.75) is 26.3 Å². The quantitative estimate of drug-likeness (QED) is 0.158. The second-order valence-corrected chi connectivity index (χ2v) is 8.40. The minimum atomic E-state index is -0.195. The van der Waals surface area contributed by atoms with Gasteiger partial charge in [0.05, 0.1) is 26.4 Å². The molecule has 0 atom stereocenters. The van der Waals surface area contributed by atoms with Crippen LogP contribution in [0.25, 0.3) is 0 Å². The third kappa shape index (κ3) is 10.7. The van der Waals surface area contributed by atoms with Crippen molar-refractivity contribution in [3.8, 4) is 0 Å². The predicted molar refractivity (Wildman–Crippen MR) is 150 cm³/mol. The minimum Gasteiger partial charge on any atom is -0.378 e. The molecule has 0 saturated carbocycles. The van der Waals surface area contributed by atoms with Gasteiger partial charge in [-0.15, -0.1) is 0 Å². The zero-order valence-electron chi connectivity index (χ0n) is 21.9. The molecule has 38 heavy (non-hydrogen) atoms. The molecule has 11 heteroatoms. The highest BCUT2D eigenvalue weighted by Crippen LogP contribution is 2.18. The zero-order chi connectivity index (χ0) is 26.8. The smallest absolute Gasteiger partial charge is 0.251 e. The number of benzene rings is 2. The maximum absolute atomic E-state index is 12.6. The highest BCUT2D eigenvalue weighted by Gasteiger charge is 2.10. The van der Waals surface area contributed by atoms with E-state index in [1.54, 1.807) is 18.2 Å². The largest absolute Gasteiger partial charge is 0.378 e. The molecule has 0 bridgehead atoms. The molecule has 6 N–H and O–H groups in total. The number of nitrogens with one attached hydrogen (secondary N) is 4. The van der Waals surface area contributed by atoms with Gasteiger partial charge < -0.3 is 36.5 Å². The maximum atomic E-state index is 12.6. The molecular formula is C27H38N8O3. The molecule has 1 heterocycles. The molecule has 0 radical (unpaired) electrons. The van der Waals surface area contributed by atoms with Crippen molar-refractivity contribution < 1.29 is 14.3 Å². The fourth-order valence-electron chi connectivity index (χ4n) is 3.36. The summed E-state index contributed by atoms with van der Waals surface area (Å²) in [6.45, 7) is 6.20. The van der Waals surface area contributed by atoms with Crippen LogP contribution >= 0.6 is 0 Å². The average Bonchev–Trinajstić information content (AvgIpc) is 2.94. The van der Waals surface area contributed by atoms with Gasteiger partial charge in [-0.1, -0.05) is 49.7 Å². The molecule has 0 unspecified atom stereocenters. The first kappa shape index (κ1) is 28.8. The minimum absolute atomic E-state index is 0.195. The van der Waals surface area contributed by atoms with E-state index in [0.29, 0.717) is 75.2 Å². The second-order valence-electron chi connectivity index (χ2n) is 8.40. The molecular weight excluding hydrogens is 484 g/mol. The van der Waals surface area contributed by atoms with Crippen LogP contribution in [-0.4, -0.2) is 66.9 Å². The van der Waals surface area contributed by atoms with E-state index in [1.807, 2.05) is 36.4 Å². The molecule has 0 saturated heterocycles. The fourth-order valence-corrected chi connectivity index (χ4v) is 3.36. The third-order valence-electron chi connectivity index (χ3n) is 5.29. The van der Waals surface area contributed by atoms with E-state index < -0.39 is 0 Å². The highest BCUT2D eigenvalue weighted by atomic mass is 16.5. The number of hydrogen-bond donors (Lipinski definition) is 5. The molecule has 0 aliphatic rings.